The molecular weight excluding hydrogens is 282 g/mol. The van der Waals surface area contributed by atoms with E-state index in [-0.39, 0.29) is 5.56 Å². The van der Waals surface area contributed by atoms with Crippen LogP contribution >= 0.6 is 11.6 Å². The summed E-state index contributed by atoms with van der Waals surface area (Å²) < 4.78 is 1.68. The molecule has 4 aromatic rings. The van der Waals surface area contributed by atoms with Crippen molar-refractivity contribution in [3.05, 3.63) is 70.0 Å². The van der Waals surface area contributed by atoms with Gasteiger partial charge in [0.15, 0.2) is 0 Å². The van der Waals surface area contributed by atoms with Crippen LogP contribution in [0.25, 0.3) is 32.4 Å². The third-order valence-corrected chi connectivity index (χ3v) is 4.38. The maximum atomic E-state index is 12.5. The lowest BCUT2D eigenvalue weighted by Crippen LogP contribution is -2.17. The fourth-order valence-corrected chi connectivity index (χ4v) is 3.31. The van der Waals surface area contributed by atoms with Gasteiger partial charge in [-0.25, -0.2) is 0 Å². The number of fused-ring (bicyclic) bond motifs is 5. The topological polar surface area (TPSA) is 22.0 Å². The number of benzene rings is 3. The molecule has 4 rings (SSSR count). The fourth-order valence-electron chi connectivity index (χ4n) is 3.04. The summed E-state index contributed by atoms with van der Waals surface area (Å²) in [5, 5.41) is 5.54. The molecule has 0 aliphatic heterocycles. The molecule has 0 fully saturated rings. The maximum Gasteiger partial charge on any atom is 0.258 e. The minimum atomic E-state index is 0.00412. The van der Waals surface area contributed by atoms with E-state index in [0.29, 0.717) is 5.02 Å². The van der Waals surface area contributed by atoms with E-state index in [4.69, 9.17) is 11.6 Å². The van der Waals surface area contributed by atoms with Crippen LogP contribution in [0.1, 0.15) is 0 Å². The number of aryl methyl sites for hydroxylation is 1. The summed E-state index contributed by atoms with van der Waals surface area (Å²) in [5.74, 6) is 0. The Labute approximate surface area is 126 Å². The molecule has 2 nitrogen and oxygen atoms in total. The smallest absolute Gasteiger partial charge is 0.258 e. The van der Waals surface area contributed by atoms with Crippen molar-refractivity contribution in [3.63, 3.8) is 0 Å². The number of nitrogens with zero attached hydrogens (tertiary/aromatic N) is 1. The first-order chi connectivity index (χ1) is 10.2. The Morgan fingerprint density at radius 3 is 2.05 bits per heavy atom. The predicted molar refractivity (Wildman–Crippen MR) is 89.2 cm³/mol. The highest BCUT2D eigenvalue weighted by molar-refractivity contribution is 6.38. The lowest BCUT2D eigenvalue weighted by Gasteiger charge is -2.12. The van der Waals surface area contributed by atoms with Crippen LogP contribution in [-0.2, 0) is 7.05 Å². The number of hydrogen-bond acceptors (Lipinski definition) is 1. The summed E-state index contributed by atoms with van der Waals surface area (Å²) in [6, 6.07) is 17.7. The Bertz CT molecular complexity index is 1080. The van der Waals surface area contributed by atoms with Gasteiger partial charge >= 0.3 is 0 Å². The third-order valence-electron chi connectivity index (χ3n) is 4.07. The first-order valence-electron chi connectivity index (χ1n) is 6.77. The summed E-state index contributed by atoms with van der Waals surface area (Å²) in [5.41, 5.74) is 0.867. The normalized spacial score (nSPS) is 11.5. The van der Waals surface area contributed by atoms with Gasteiger partial charge in [0.25, 0.3) is 5.56 Å². The van der Waals surface area contributed by atoms with Gasteiger partial charge in [-0.2, -0.15) is 0 Å². The zero-order valence-electron chi connectivity index (χ0n) is 11.4. The van der Waals surface area contributed by atoms with E-state index in [1.807, 2.05) is 48.5 Å². The van der Waals surface area contributed by atoms with Crippen molar-refractivity contribution < 1.29 is 0 Å². The van der Waals surface area contributed by atoms with E-state index in [0.717, 1.165) is 32.4 Å². The summed E-state index contributed by atoms with van der Waals surface area (Å²) >= 11 is 6.40. The number of hydrogen-bond donors (Lipinski definition) is 0. The Balaban J connectivity index is 2.47. The van der Waals surface area contributed by atoms with E-state index in [9.17, 15) is 4.79 Å². The summed E-state index contributed by atoms with van der Waals surface area (Å²) in [6.07, 6.45) is 0. The second kappa shape index (κ2) is 4.34. The van der Waals surface area contributed by atoms with Crippen LogP contribution in [0.3, 0.4) is 0 Å². The molecule has 0 saturated carbocycles. The third kappa shape index (κ3) is 1.63. The number of pyridine rings is 1. The molecular formula is C18H12ClNO. The lowest BCUT2D eigenvalue weighted by atomic mass is 9.99. The molecule has 0 atom stereocenters. The number of aromatic nitrogens is 1. The van der Waals surface area contributed by atoms with Crippen molar-refractivity contribution in [1.82, 2.24) is 4.57 Å². The first-order valence-corrected chi connectivity index (χ1v) is 7.15. The Morgan fingerprint density at radius 1 is 0.857 bits per heavy atom. The largest absolute Gasteiger partial charge is 0.311 e. The van der Waals surface area contributed by atoms with Crippen LogP contribution in [0.15, 0.2) is 59.4 Å². The zero-order valence-corrected chi connectivity index (χ0v) is 12.2. The summed E-state index contributed by atoms with van der Waals surface area (Å²) in [6.45, 7) is 0. The molecule has 3 aromatic carbocycles. The van der Waals surface area contributed by atoms with Crippen molar-refractivity contribution >= 4 is 44.0 Å². The van der Waals surface area contributed by atoms with Crippen LogP contribution in [0.5, 0.6) is 0 Å². The van der Waals surface area contributed by atoms with Crippen molar-refractivity contribution in [2.45, 2.75) is 0 Å². The van der Waals surface area contributed by atoms with Gasteiger partial charge in [0.1, 0.15) is 0 Å². The molecule has 21 heavy (non-hydrogen) atoms. The van der Waals surface area contributed by atoms with Crippen LogP contribution in [-0.4, -0.2) is 4.57 Å². The maximum absolute atomic E-state index is 12.5. The van der Waals surface area contributed by atoms with Crippen LogP contribution in [0, 0.1) is 0 Å². The molecule has 0 aliphatic rings. The molecule has 0 unspecified atom stereocenters. The average molecular weight is 294 g/mol. The van der Waals surface area contributed by atoms with Crippen LogP contribution in [0.4, 0.5) is 0 Å². The zero-order chi connectivity index (χ0) is 14.6. The van der Waals surface area contributed by atoms with E-state index in [1.54, 1.807) is 11.6 Å². The van der Waals surface area contributed by atoms with E-state index in [2.05, 4.69) is 6.07 Å². The Hall–Kier alpha value is -2.32. The van der Waals surface area contributed by atoms with Gasteiger partial charge < -0.3 is 4.57 Å². The number of rotatable bonds is 0. The van der Waals surface area contributed by atoms with E-state index in [1.165, 1.54) is 0 Å². The molecule has 0 aliphatic carbocycles. The van der Waals surface area contributed by atoms with Crippen LogP contribution < -0.4 is 5.56 Å². The highest BCUT2D eigenvalue weighted by atomic mass is 35.5. The van der Waals surface area contributed by atoms with Crippen LogP contribution in [0.2, 0.25) is 5.02 Å². The monoisotopic (exact) mass is 293 g/mol. The first kappa shape index (κ1) is 12.4. The van der Waals surface area contributed by atoms with Gasteiger partial charge in [-0.1, -0.05) is 54.1 Å². The molecule has 1 aromatic heterocycles. The second-order valence-electron chi connectivity index (χ2n) is 5.21. The second-order valence-corrected chi connectivity index (χ2v) is 5.62. The highest BCUT2D eigenvalue weighted by Gasteiger charge is 2.12. The molecule has 0 bridgehead atoms. The molecule has 0 radical (unpaired) electrons. The van der Waals surface area contributed by atoms with Gasteiger partial charge in [0.2, 0.25) is 0 Å². The molecule has 102 valence electrons. The van der Waals surface area contributed by atoms with E-state index >= 15 is 0 Å². The quantitative estimate of drug-likeness (QED) is 0.438. The van der Waals surface area contributed by atoms with E-state index < -0.39 is 0 Å². The van der Waals surface area contributed by atoms with Gasteiger partial charge in [0, 0.05) is 23.2 Å². The summed E-state index contributed by atoms with van der Waals surface area (Å²) in [4.78, 5) is 12.5. The Kier molecular flexibility index (Phi) is 2.57. The van der Waals surface area contributed by atoms with Gasteiger partial charge in [-0.05, 0) is 22.9 Å². The molecule has 1 heterocycles. The van der Waals surface area contributed by atoms with Gasteiger partial charge in [0.05, 0.1) is 10.5 Å². The van der Waals surface area contributed by atoms with Crippen molar-refractivity contribution in [3.8, 4) is 0 Å². The molecule has 0 spiro atoms. The lowest BCUT2D eigenvalue weighted by molar-refractivity contribution is 0.919. The summed E-state index contributed by atoms with van der Waals surface area (Å²) in [7, 11) is 1.79. The van der Waals surface area contributed by atoms with Gasteiger partial charge in [-0.3, -0.25) is 4.79 Å². The van der Waals surface area contributed by atoms with Crippen molar-refractivity contribution in [1.29, 1.82) is 0 Å². The minimum Gasteiger partial charge on any atom is -0.311 e. The number of halogens is 1. The van der Waals surface area contributed by atoms with Crippen molar-refractivity contribution in [2.75, 3.05) is 0 Å². The predicted octanol–water partition coefficient (Wildman–Crippen LogP) is 4.50. The SMILES string of the molecule is Cn1c(=O)c2ccccc2c2c3ccccc3c(Cl)cc21. The molecule has 0 N–H and O–H groups in total. The van der Waals surface area contributed by atoms with Gasteiger partial charge in [-0.15, -0.1) is 0 Å². The molecule has 3 heteroatoms. The standard InChI is InChI=1S/C18H12ClNO/c1-20-16-10-15(19)11-6-2-3-7-12(11)17(16)13-8-4-5-9-14(13)18(20)21/h2-10H,1H3. The fraction of sp³-hybridized carbons (Fsp3) is 0.0556. The average Bonchev–Trinajstić information content (AvgIpc) is 2.53. The Morgan fingerprint density at radius 2 is 1.38 bits per heavy atom. The molecule has 0 saturated heterocycles. The highest BCUT2D eigenvalue weighted by Crippen LogP contribution is 2.34. The molecule has 0 amide bonds. The van der Waals surface area contributed by atoms with Crippen molar-refractivity contribution in [2.24, 2.45) is 7.05 Å². The minimum absolute atomic E-state index is 0.00412.